The van der Waals surface area contributed by atoms with Gasteiger partial charge in [0.1, 0.15) is 17.2 Å². The monoisotopic (exact) mass is 567 g/mol. The number of aromatic hydroxyl groups is 1. The molecule has 0 radical (unpaired) electrons. The lowest BCUT2D eigenvalue weighted by atomic mass is 10.2. The molecule has 3 aromatic carbocycles. The van der Waals surface area contributed by atoms with Gasteiger partial charge in [0.2, 0.25) is 0 Å². The highest BCUT2D eigenvalue weighted by atomic mass is 79.9. The average molecular weight is 568 g/mol. The van der Waals surface area contributed by atoms with Gasteiger partial charge in [-0.1, -0.05) is 27.7 Å². The van der Waals surface area contributed by atoms with Crippen molar-refractivity contribution in [2.75, 3.05) is 20.0 Å². The topological polar surface area (TPSA) is 111 Å². The van der Waals surface area contributed by atoms with Crippen molar-refractivity contribution < 1.29 is 19.4 Å². The van der Waals surface area contributed by atoms with Gasteiger partial charge in [-0.3, -0.25) is 9.36 Å². The number of thioether (sulfide) groups is 1. The Hall–Kier alpha value is -3.83. The molecule has 4 rings (SSSR count). The maximum Gasteiger partial charge on any atom is 0.250 e. The minimum atomic E-state index is -0.332. The van der Waals surface area contributed by atoms with E-state index in [2.05, 4.69) is 36.7 Å². The van der Waals surface area contributed by atoms with E-state index >= 15 is 0 Å². The number of rotatable bonds is 9. The molecule has 0 saturated heterocycles. The van der Waals surface area contributed by atoms with Crippen LogP contribution < -0.4 is 14.9 Å². The number of halogens is 1. The molecule has 0 saturated carbocycles. The Labute approximate surface area is 220 Å². The summed E-state index contributed by atoms with van der Waals surface area (Å²) in [6, 6.07) is 19.9. The van der Waals surface area contributed by atoms with Gasteiger partial charge >= 0.3 is 0 Å². The molecule has 1 amide bonds. The first kappa shape index (κ1) is 25.3. The highest BCUT2D eigenvalue weighted by molar-refractivity contribution is 9.10. The van der Waals surface area contributed by atoms with E-state index in [4.69, 9.17) is 9.47 Å². The van der Waals surface area contributed by atoms with Crippen molar-refractivity contribution in [3.8, 4) is 34.3 Å². The Bertz CT molecular complexity index is 1370. The first-order valence-electron chi connectivity index (χ1n) is 10.7. The summed E-state index contributed by atoms with van der Waals surface area (Å²) >= 11 is 4.56. The van der Waals surface area contributed by atoms with Crippen LogP contribution in [0, 0.1) is 0 Å². The third-order valence-corrected chi connectivity index (χ3v) is 6.45. The lowest BCUT2D eigenvalue weighted by Gasteiger charge is -2.11. The number of benzene rings is 3. The lowest BCUT2D eigenvalue weighted by Crippen LogP contribution is -2.20. The fraction of sp³-hybridized carbons (Fsp3) is 0.120. The Balaban J connectivity index is 1.53. The first-order chi connectivity index (χ1) is 17.5. The molecule has 2 N–H and O–H groups in total. The summed E-state index contributed by atoms with van der Waals surface area (Å²) < 4.78 is 13.2. The number of phenolic OH excluding ortho intramolecular Hbond substituents is 1. The van der Waals surface area contributed by atoms with E-state index in [1.54, 1.807) is 26.4 Å². The lowest BCUT2D eigenvalue weighted by molar-refractivity contribution is -0.118. The van der Waals surface area contributed by atoms with Crippen LogP contribution >= 0.6 is 27.7 Å². The van der Waals surface area contributed by atoms with Crippen LogP contribution in [0.2, 0.25) is 0 Å². The van der Waals surface area contributed by atoms with Crippen LogP contribution in [0.5, 0.6) is 17.2 Å². The maximum absolute atomic E-state index is 12.4. The minimum absolute atomic E-state index is 0.0543. The summed E-state index contributed by atoms with van der Waals surface area (Å²) in [7, 11) is 3.22. The summed E-state index contributed by atoms with van der Waals surface area (Å²) in [6.07, 6.45) is 1.38. The van der Waals surface area contributed by atoms with E-state index in [-0.39, 0.29) is 17.4 Å². The molecule has 9 nitrogen and oxygen atoms in total. The van der Waals surface area contributed by atoms with E-state index in [0.717, 1.165) is 27.2 Å². The van der Waals surface area contributed by atoms with Crippen LogP contribution in [0.4, 0.5) is 0 Å². The number of methoxy groups -OCH3 is 2. The van der Waals surface area contributed by atoms with Crippen molar-refractivity contribution >= 4 is 39.8 Å². The van der Waals surface area contributed by atoms with Gasteiger partial charge in [0, 0.05) is 21.3 Å². The van der Waals surface area contributed by atoms with Crippen LogP contribution in [-0.4, -0.2) is 52.0 Å². The van der Waals surface area contributed by atoms with Gasteiger partial charge in [-0.25, -0.2) is 5.43 Å². The zero-order valence-corrected chi connectivity index (χ0v) is 21.8. The summed E-state index contributed by atoms with van der Waals surface area (Å²) in [5, 5.41) is 23.1. The SMILES string of the molecule is COc1ccc(-c2nnc(SCC(=O)N/N=C/c3cc(Br)ccc3O)n2-c2ccc(OC)cc2)cc1. The normalized spacial score (nSPS) is 11.0. The second-order valence-electron chi connectivity index (χ2n) is 7.35. The molecule has 1 aromatic heterocycles. The summed E-state index contributed by atoms with van der Waals surface area (Å²) in [5.41, 5.74) is 4.60. The molecular formula is C25H22BrN5O4S. The number of hydrogen-bond donors (Lipinski definition) is 2. The molecule has 0 spiro atoms. The summed E-state index contributed by atoms with van der Waals surface area (Å²) in [4.78, 5) is 12.4. The van der Waals surface area contributed by atoms with Crippen LogP contribution in [0.1, 0.15) is 5.56 Å². The highest BCUT2D eigenvalue weighted by Crippen LogP contribution is 2.30. The Kier molecular flexibility index (Phi) is 8.24. The number of hydrazone groups is 1. The second-order valence-corrected chi connectivity index (χ2v) is 9.21. The van der Waals surface area contributed by atoms with E-state index in [1.165, 1.54) is 24.0 Å². The van der Waals surface area contributed by atoms with Crippen molar-refractivity contribution in [1.82, 2.24) is 20.2 Å². The van der Waals surface area contributed by atoms with Gasteiger partial charge in [0.05, 0.1) is 26.2 Å². The molecule has 4 aromatic rings. The van der Waals surface area contributed by atoms with Crippen molar-refractivity contribution in [2.24, 2.45) is 5.10 Å². The molecule has 0 aliphatic rings. The fourth-order valence-corrected chi connectivity index (χ4v) is 4.34. The second kappa shape index (κ2) is 11.7. The number of nitrogens with one attached hydrogen (secondary N) is 1. The Morgan fingerprint density at radius 1 is 1.06 bits per heavy atom. The van der Waals surface area contributed by atoms with Crippen LogP contribution in [0.3, 0.4) is 0 Å². The van der Waals surface area contributed by atoms with E-state index in [9.17, 15) is 9.90 Å². The molecule has 11 heteroatoms. The number of aromatic nitrogens is 3. The number of carbonyl (C=O) groups excluding carboxylic acids is 1. The molecular weight excluding hydrogens is 546 g/mol. The Morgan fingerprint density at radius 3 is 2.39 bits per heavy atom. The van der Waals surface area contributed by atoms with Gasteiger partial charge in [-0.2, -0.15) is 5.10 Å². The summed E-state index contributed by atoms with van der Waals surface area (Å²) in [6.45, 7) is 0. The largest absolute Gasteiger partial charge is 0.507 e. The predicted molar refractivity (Wildman–Crippen MR) is 142 cm³/mol. The van der Waals surface area contributed by atoms with Gasteiger partial charge in [-0.15, -0.1) is 10.2 Å². The molecule has 1 heterocycles. The minimum Gasteiger partial charge on any atom is -0.507 e. The zero-order valence-electron chi connectivity index (χ0n) is 19.4. The number of hydrogen-bond acceptors (Lipinski definition) is 8. The van der Waals surface area contributed by atoms with E-state index < -0.39 is 0 Å². The zero-order chi connectivity index (χ0) is 25.5. The van der Waals surface area contributed by atoms with Crippen molar-refractivity contribution in [2.45, 2.75) is 5.16 Å². The maximum atomic E-state index is 12.4. The molecule has 0 aliphatic heterocycles. The van der Waals surface area contributed by atoms with Crippen LogP contribution in [0.25, 0.3) is 17.1 Å². The van der Waals surface area contributed by atoms with Crippen LogP contribution in [0.15, 0.2) is 81.5 Å². The van der Waals surface area contributed by atoms with E-state index in [0.29, 0.717) is 16.5 Å². The van der Waals surface area contributed by atoms with Gasteiger partial charge in [0.15, 0.2) is 11.0 Å². The van der Waals surface area contributed by atoms with Crippen molar-refractivity contribution in [1.29, 1.82) is 0 Å². The molecule has 0 bridgehead atoms. The third kappa shape index (κ3) is 6.04. The van der Waals surface area contributed by atoms with Gasteiger partial charge < -0.3 is 14.6 Å². The third-order valence-electron chi connectivity index (χ3n) is 5.03. The number of nitrogens with zero attached hydrogens (tertiary/aromatic N) is 4. The van der Waals surface area contributed by atoms with Gasteiger partial charge in [-0.05, 0) is 66.7 Å². The molecule has 184 valence electrons. The molecule has 0 atom stereocenters. The smallest absolute Gasteiger partial charge is 0.250 e. The molecule has 36 heavy (non-hydrogen) atoms. The quantitative estimate of drug-likeness (QED) is 0.172. The fourth-order valence-electron chi connectivity index (χ4n) is 3.22. The summed E-state index contributed by atoms with van der Waals surface area (Å²) in [5.74, 6) is 1.86. The van der Waals surface area contributed by atoms with Gasteiger partial charge in [0.25, 0.3) is 5.91 Å². The number of amides is 1. The predicted octanol–water partition coefficient (Wildman–Crippen LogP) is 4.66. The number of ether oxygens (including phenoxy) is 2. The Morgan fingerprint density at radius 2 is 1.72 bits per heavy atom. The average Bonchev–Trinajstić information content (AvgIpc) is 3.33. The molecule has 0 aliphatic carbocycles. The van der Waals surface area contributed by atoms with Crippen molar-refractivity contribution in [3.05, 3.63) is 76.8 Å². The number of phenols is 1. The van der Waals surface area contributed by atoms with E-state index in [1.807, 2.05) is 53.1 Å². The highest BCUT2D eigenvalue weighted by Gasteiger charge is 2.17. The standard InChI is InChI=1S/C25H22BrN5O4S/c1-34-20-8-3-16(4-9-20)24-29-30-25(31(24)19-6-10-21(35-2)11-7-19)36-15-23(33)28-27-14-17-13-18(26)5-12-22(17)32/h3-14,32H,15H2,1-2H3,(H,28,33)/b27-14+. The van der Waals surface area contributed by atoms with Crippen LogP contribution in [-0.2, 0) is 4.79 Å². The molecule has 0 fully saturated rings. The molecule has 0 unspecified atom stereocenters. The van der Waals surface area contributed by atoms with Crippen molar-refractivity contribution in [3.63, 3.8) is 0 Å². The first-order valence-corrected chi connectivity index (χ1v) is 12.4. The number of carbonyl (C=O) groups is 1.